The minimum absolute atomic E-state index is 0.252. The molecule has 0 radical (unpaired) electrons. The van der Waals surface area contributed by atoms with Gasteiger partial charge in [-0.2, -0.15) is 15.0 Å². The van der Waals surface area contributed by atoms with Crippen molar-refractivity contribution in [3.05, 3.63) is 61.1 Å². The second-order valence-electron chi connectivity index (χ2n) is 8.16. The first-order valence-electron chi connectivity index (χ1n) is 11.2. The van der Waals surface area contributed by atoms with Crippen molar-refractivity contribution >= 4 is 17.6 Å². The molecule has 3 N–H and O–H groups in total. The molecule has 4 aromatic rings. The lowest BCUT2D eigenvalue weighted by Gasteiger charge is -2.26. The van der Waals surface area contributed by atoms with Crippen molar-refractivity contribution in [2.75, 3.05) is 30.4 Å². The van der Waals surface area contributed by atoms with Gasteiger partial charge in [-0.15, -0.1) is 0 Å². The van der Waals surface area contributed by atoms with Crippen LogP contribution in [-0.4, -0.2) is 62.6 Å². The maximum absolute atomic E-state index is 10.0. The molecule has 10 heteroatoms. The summed E-state index contributed by atoms with van der Waals surface area (Å²) in [4.78, 5) is 19.5. The number of aromatic nitrogens is 4. The van der Waals surface area contributed by atoms with Crippen LogP contribution in [0.25, 0.3) is 22.7 Å². The predicted molar refractivity (Wildman–Crippen MR) is 133 cm³/mol. The Kier molecular flexibility index (Phi) is 7.54. The van der Waals surface area contributed by atoms with E-state index in [0.29, 0.717) is 34.9 Å². The molecule has 182 valence electrons. The summed E-state index contributed by atoms with van der Waals surface area (Å²) >= 11 is 0. The van der Waals surface area contributed by atoms with Crippen LogP contribution in [0.1, 0.15) is 13.8 Å². The monoisotopic (exact) mass is 476 g/mol. The summed E-state index contributed by atoms with van der Waals surface area (Å²) in [6.45, 7) is 3.86. The zero-order valence-electron chi connectivity index (χ0n) is 19.8. The second-order valence-corrected chi connectivity index (χ2v) is 8.16. The van der Waals surface area contributed by atoms with Crippen LogP contribution >= 0.6 is 0 Å². The van der Waals surface area contributed by atoms with Crippen molar-refractivity contribution in [3.8, 4) is 28.5 Å². The van der Waals surface area contributed by atoms with E-state index in [0.717, 1.165) is 11.1 Å². The van der Waals surface area contributed by atoms with Crippen molar-refractivity contribution in [2.24, 2.45) is 0 Å². The van der Waals surface area contributed by atoms with Crippen LogP contribution in [0.5, 0.6) is 5.75 Å². The number of nitrogens with zero attached hydrogens (tertiary/aromatic N) is 5. The molecule has 0 amide bonds. The highest BCUT2D eigenvalue weighted by Crippen LogP contribution is 2.33. The highest BCUT2D eigenvalue weighted by atomic mass is 16.5. The number of aliphatic hydroxyl groups is 2. The minimum Gasteiger partial charge on any atom is -0.496 e. The first kappa shape index (κ1) is 24.1. The van der Waals surface area contributed by atoms with Crippen LogP contribution in [0.2, 0.25) is 0 Å². The van der Waals surface area contributed by atoms with E-state index in [1.165, 1.54) is 6.39 Å². The van der Waals surface area contributed by atoms with Crippen LogP contribution in [0.3, 0.4) is 0 Å². The Labute approximate surface area is 203 Å². The SMILES string of the molecule is COc1cc(Nc2nc(-c3ccccc3)nc(N(CC(C)O)CC(C)O)n2)ccc1-c1cnco1. The molecule has 2 aromatic carbocycles. The molecule has 0 saturated heterocycles. The van der Waals surface area contributed by atoms with Crippen LogP contribution < -0.4 is 15.0 Å². The Morgan fingerprint density at radius 1 is 1.00 bits per heavy atom. The molecule has 4 rings (SSSR count). The van der Waals surface area contributed by atoms with Gasteiger partial charge in [-0.3, -0.25) is 0 Å². The van der Waals surface area contributed by atoms with Gasteiger partial charge in [-0.05, 0) is 26.0 Å². The Hall–Kier alpha value is -4.02. The van der Waals surface area contributed by atoms with E-state index < -0.39 is 12.2 Å². The summed E-state index contributed by atoms with van der Waals surface area (Å²) in [5.41, 5.74) is 2.27. The molecule has 35 heavy (non-hydrogen) atoms. The first-order chi connectivity index (χ1) is 16.9. The zero-order chi connectivity index (χ0) is 24.8. The number of anilines is 3. The molecular formula is C25H28N6O4. The Morgan fingerprint density at radius 3 is 2.37 bits per heavy atom. The van der Waals surface area contributed by atoms with E-state index in [2.05, 4.69) is 25.3 Å². The fourth-order valence-electron chi connectivity index (χ4n) is 3.60. The number of aliphatic hydroxyl groups excluding tert-OH is 2. The molecule has 0 fully saturated rings. The molecule has 10 nitrogen and oxygen atoms in total. The van der Waals surface area contributed by atoms with E-state index in [-0.39, 0.29) is 13.1 Å². The fourth-order valence-corrected chi connectivity index (χ4v) is 3.60. The Balaban J connectivity index is 1.73. The summed E-state index contributed by atoms with van der Waals surface area (Å²) in [6, 6.07) is 15.1. The molecular weight excluding hydrogens is 448 g/mol. The van der Waals surface area contributed by atoms with E-state index in [1.807, 2.05) is 48.5 Å². The molecule has 0 aliphatic heterocycles. The van der Waals surface area contributed by atoms with Gasteiger partial charge in [0.25, 0.3) is 0 Å². The Bertz CT molecular complexity index is 1220. The van der Waals surface area contributed by atoms with E-state index >= 15 is 0 Å². The average molecular weight is 477 g/mol. The first-order valence-corrected chi connectivity index (χ1v) is 11.2. The number of oxazole rings is 1. The molecule has 2 atom stereocenters. The third-order valence-electron chi connectivity index (χ3n) is 5.06. The molecule has 0 spiro atoms. The van der Waals surface area contributed by atoms with Gasteiger partial charge < -0.3 is 29.6 Å². The topological polar surface area (TPSA) is 130 Å². The molecule has 2 heterocycles. The lowest BCUT2D eigenvalue weighted by Crippen LogP contribution is -2.37. The Morgan fingerprint density at radius 2 is 1.74 bits per heavy atom. The average Bonchev–Trinajstić information content (AvgIpc) is 3.38. The van der Waals surface area contributed by atoms with E-state index in [4.69, 9.17) is 9.15 Å². The number of ether oxygens (including phenoxy) is 1. The number of rotatable bonds is 10. The maximum atomic E-state index is 10.0. The summed E-state index contributed by atoms with van der Waals surface area (Å²) in [6.07, 6.45) is 1.70. The van der Waals surface area contributed by atoms with Crippen molar-refractivity contribution in [2.45, 2.75) is 26.1 Å². The predicted octanol–water partition coefficient (Wildman–Crippen LogP) is 3.51. The normalized spacial score (nSPS) is 12.7. The molecule has 2 aromatic heterocycles. The van der Waals surface area contributed by atoms with Gasteiger partial charge in [0.2, 0.25) is 11.9 Å². The summed E-state index contributed by atoms with van der Waals surface area (Å²) in [7, 11) is 1.58. The van der Waals surface area contributed by atoms with Crippen molar-refractivity contribution in [3.63, 3.8) is 0 Å². The second kappa shape index (κ2) is 10.9. The van der Waals surface area contributed by atoms with Gasteiger partial charge in [0.1, 0.15) is 5.75 Å². The lowest BCUT2D eigenvalue weighted by molar-refractivity contribution is 0.177. The summed E-state index contributed by atoms with van der Waals surface area (Å²) in [5.74, 6) is 2.30. The third-order valence-corrected chi connectivity index (χ3v) is 5.06. The minimum atomic E-state index is -0.644. The van der Waals surface area contributed by atoms with Gasteiger partial charge in [0, 0.05) is 30.4 Å². The van der Waals surface area contributed by atoms with Gasteiger partial charge in [0.05, 0.1) is 31.1 Å². The number of benzene rings is 2. The van der Waals surface area contributed by atoms with Crippen LogP contribution in [0.15, 0.2) is 65.5 Å². The maximum Gasteiger partial charge on any atom is 0.232 e. The van der Waals surface area contributed by atoms with E-state index in [9.17, 15) is 10.2 Å². The van der Waals surface area contributed by atoms with Gasteiger partial charge >= 0.3 is 0 Å². The van der Waals surface area contributed by atoms with Crippen LogP contribution in [-0.2, 0) is 0 Å². The lowest BCUT2D eigenvalue weighted by atomic mass is 10.1. The van der Waals surface area contributed by atoms with E-state index in [1.54, 1.807) is 32.1 Å². The van der Waals surface area contributed by atoms with Crippen LogP contribution in [0, 0.1) is 0 Å². The molecule has 0 saturated carbocycles. The fraction of sp³-hybridized carbons (Fsp3) is 0.280. The number of hydrogen-bond acceptors (Lipinski definition) is 10. The highest BCUT2D eigenvalue weighted by molar-refractivity contribution is 5.71. The van der Waals surface area contributed by atoms with Crippen molar-refractivity contribution in [1.29, 1.82) is 0 Å². The van der Waals surface area contributed by atoms with Crippen LogP contribution in [0.4, 0.5) is 17.6 Å². The largest absolute Gasteiger partial charge is 0.496 e. The standard InChI is InChI=1S/C25H28N6O4/c1-16(32)13-31(14-17(2)33)25-29-23(18-7-5-4-6-8-18)28-24(30-25)27-19-9-10-20(21(11-19)34-3)22-12-26-15-35-22/h4-12,15-17,32-33H,13-14H2,1-3H3,(H,27,28,29,30). The highest BCUT2D eigenvalue weighted by Gasteiger charge is 2.19. The molecule has 2 unspecified atom stereocenters. The van der Waals surface area contributed by atoms with Gasteiger partial charge in [-0.1, -0.05) is 30.3 Å². The number of hydrogen-bond donors (Lipinski definition) is 3. The quantitative estimate of drug-likeness (QED) is 0.313. The van der Waals surface area contributed by atoms with Gasteiger partial charge in [-0.25, -0.2) is 4.98 Å². The molecule has 0 aliphatic carbocycles. The molecule has 0 bridgehead atoms. The van der Waals surface area contributed by atoms with Crippen molar-refractivity contribution in [1.82, 2.24) is 19.9 Å². The third kappa shape index (κ3) is 6.11. The molecule has 0 aliphatic rings. The van der Waals surface area contributed by atoms with Crippen molar-refractivity contribution < 1.29 is 19.4 Å². The smallest absolute Gasteiger partial charge is 0.232 e. The number of methoxy groups -OCH3 is 1. The summed E-state index contributed by atoms with van der Waals surface area (Å²) in [5, 5.41) is 23.3. The number of nitrogens with one attached hydrogen (secondary N) is 1. The zero-order valence-corrected chi connectivity index (χ0v) is 19.8. The van der Waals surface area contributed by atoms with Gasteiger partial charge in [0.15, 0.2) is 18.0 Å². The summed E-state index contributed by atoms with van der Waals surface area (Å²) < 4.78 is 10.9.